The number of hydrogen-bond acceptors (Lipinski definition) is 3. The lowest BCUT2D eigenvalue weighted by Gasteiger charge is -2.17. The minimum atomic E-state index is -0.405. The molecule has 20 heavy (non-hydrogen) atoms. The second kappa shape index (κ2) is 7.17. The summed E-state index contributed by atoms with van der Waals surface area (Å²) in [6, 6.07) is 11.1. The van der Waals surface area contributed by atoms with E-state index in [-0.39, 0.29) is 11.6 Å². The second-order valence-electron chi connectivity index (χ2n) is 4.10. The molecule has 106 valence electrons. The Kier molecular flexibility index (Phi) is 5.54. The van der Waals surface area contributed by atoms with Crippen molar-refractivity contribution in [2.75, 3.05) is 5.75 Å². The van der Waals surface area contributed by atoms with Gasteiger partial charge in [-0.15, -0.1) is 11.8 Å². The molecule has 2 nitrogen and oxygen atoms in total. The molecular formula is C14H13BrF2N2S. The van der Waals surface area contributed by atoms with Gasteiger partial charge in [0.2, 0.25) is 0 Å². The van der Waals surface area contributed by atoms with Gasteiger partial charge >= 0.3 is 0 Å². The number of rotatable bonds is 5. The van der Waals surface area contributed by atoms with Crippen molar-refractivity contribution in [3.05, 3.63) is 64.1 Å². The van der Waals surface area contributed by atoms with Gasteiger partial charge in [0.15, 0.2) is 0 Å². The van der Waals surface area contributed by atoms with Crippen LogP contribution in [0.3, 0.4) is 0 Å². The van der Waals surface area contributed by atoms with Gasteiger partial charge in [0.25, 0.3) is 0 Å². The van der Waals surface area contributed by atoms with Crippen molar-refractivity contribution >= 4 is 27.7 Å². The second-order valence-corrected chi connectivity index (χ2v) is 6.02. The smallest absolute Gasteiger partial charge is 0.142 e. The van der Waals surface area contributed by atoms with E-state index in [1.54, 1.807) is 36.4 Å². The summed E-state index contributed by atoms with van der Waals surface area (Å²) in [7, 11) is 0. The summed E-state index contributed by atoms with van der Waals surface area (Å²) < 4.78 is 27.9. The molecule has 0 aliphatic rings. The number of hydrogen-bond donors (Lipinski definition) is 2. The quantitative estimate of drug-likeness (QED) is 0.481. The van der Waals surface area contributed by atoms with E-state index in [9.17, 15) is 8.78 Å². The fraction of sp³-hybridized carbons (Fsp3) is 0.143. The van der Waals surface area contributed by atoms with Crippen LogP contribution in [-0.2, 0) is 0 Å². The molecular weight excluding hydrogens is 346 g/mol. The van der Waals surface area contributed by atoms with E-state index in [1.165, 1.54) is 17.8 Å². The zero-order valence-corrected chi connectivity index (χ0v) is 12.8. The Hall–Kier alpha value is -0.950. The first-order chi connectivity index (χ1) is 9.63. The maximum absolute atomic E-state index is 14.0. The Morgan fingerprint density at radius 2 is 1.90 bits per heavy atom. The molecule has 0 aliphatic heterocycles. The molecule has 0 aromatic heterocycles. The lowest BCUT2D eigenvalue weighted by Crippen LogP contribution is -2.30. The van der Waals surface area contributed by atoms with E-state index in [2.05, 4.69) is 21.4 Å². The molecule has 0 bridgehead atoms. The third-order valence-electron chi connectivity index (χ3n) is 2.80. The Morgan fingerprint density at radius 3 is 2.60 bits per heavy atom. The predicted octanol–water partition coefficient (Wildman–Crippen LogP) is 4.02. The molecule has 1 atom stereocenters. The van der Waals surface area contributed by atoms with Gasteiger partial charge < -0.3 is 0 Å². The highest BCUT2D eigenvalue weighted by Crippen LogP contribution is 2.29. The van der Waals surface area contributed by atoms with Crippen molar-refractivity contribution in [1.82, 2.24) is 5.43 Å². The molecule has 0 amide bonds. The normalized spacial score (nSPS) is 12.4. The number of nitrogens with two attached hydrogens (primary N) is 1. The van der Waals surface area contributed by atoms with Gasteiger partial charge in [-0.05, 0) is 34.1 Å². The molecule has 0 saturated carbocycles. The standard InChI is InChI=1S/C14H13BrF2N2S/c15-10-5-3-4-9(14(10)17)12(19-18)8-20-13-7-2-1-6-11(13)16/h1-7,12,19H,8,18H2. The highest BCUT2D eigenvalue weighted by atomic mass is 79.9. The number of thioether (sulfide) groups is 1. The summed E-state index contributed by atoms with van der Waals surface area (Å²) in [5.41, 5.74) is 3.02. The van der Waals surface area contributed by atoms with E-state index < -0.39 is 6.04 Å². The van der Waals surface area contributed by atoms with Crippen LogP contribution in [0.4, 0.5) is 8.78 Å². The van der Waals surface area contributed by atoms with Crippen LogP contribution in [0, 0.1) is 11.6 Å². The van der Waals surface area contributed by atoms with Crippen LogP contribution in [0.5, 0.6) is 0 Å². The summed E-state index contributed by atoms with van der Waals surface area (Å²) in [4.78, 5) is 0.517. The van der Waals surface area contributed by atoms with Crippen LogP contribution in [0.1, 0.15) is 11.6 Å². The van der Waals surface area contributed by atoms with Gasteiger partial charge in [0, 0.05) is 16.2 Å². The Bertz CT molecular complexity index is 595. The number of halogens is 3. The number of hydrazine groups is 1. The number of benzene rings is 2. The van der Waals surface area contributed by atoms with E-state index in [0.29, 0.717) is 20.7 Å². The first-order valence-corrected chi connectivity index (χ1v) is 7.68. The van der Waals surface area contributed by atoms with E-state index in [0.717, 1.165) is 0 Å². The minimum Gasteiger partial charge on any atom is -0.271 e. The number of nitrogens with one attached hydrogen (secondary N) is 1. The maximum atomic E-state index is 14.0. The molecule has 6 heteroatoms. The van der Waals surface area contributed by atoms with Crippen molar-refractivity contribution in [3.8, 4) is 0 Å². The summed E-state index contributed by atoms with van der Waals surface area (Å²) in [6.07, 6.45) is 0. The third kappa shape index (κ3) is 3.58. The third-order valence-corrected chi connectivity index (χ3v) is 4.55. The van der Waals surface area contributed by atoms with Crippen LogP contribution >= 0.6 is 27.7 Å². The molecule has 0 spiro atoms. The largest absolute Gasteiger partial charge is 0.271 e. The highest BCUT2D eigenvalue weighted by molar-refractivity contribution is 9.10. The fourth-order valence-corrected chi connectivity index (χ4v) is 3.14. The Morgan fingerprint density at radius 1 is 1.15 bits per heavy atom. The molecule has 0 aliphatic carbocycles. The van der Waals surface area contributed by atoms with Crippen LogP contribution in [0.25, 0.3) is 0 Å². The Labute approximate surface area is 128 Å². The maximum Gasteiger partial charge on any atom is 0.142 e. The SMILES string of the molecule is NNC(CSc1ccccc1F)c1cccc(Br)c1F. The van der Waals surface area contributed by atoms with Gasteiger partial charge in [0.05, 0.1) is 10.5 Å². The lowest BCUT2D eigenvalue weighted by molar-refractivity contribution is 0.542. The van der Waals surface area contributed by atoms with Crippen LogP contribution < -0.4 is 11.3 Å². The van der Waals surface area contributed by atoms with Gasteiger partial charge in [-0.25, -0.2) is 8.78 Å². The van der Waals surface area contributed by atoms with Crippen LogP contribution in [0.15, 0.2) is 51.8 Å². The van der Waals surface area contributed by atoms with Crippen molar-refractivity contribution in [2.24, 2.45) is 5.84 Å². The zero-order valence-electron chi connectivity index (χ0n) is 10.4. The van der Waals surface area contributed by atoms with Gasteiger partial charge in [-0.2, -0.15) is 0 Å². The lowest BCUT2D eigenvalue weighted by atomic mass is 10.1. The first kappa shape index (κ1) is 15.4. The molecule has 2 rings (SSSR count). The summed E-state index contributed by atoms with van der Waals surface area (Å²) in [5, 5.41) is 0. The van der Waals surface area contributed by atoms with Crippen LogP contribution in [-0.4, -0.2) is 5.75 Å². The molecule has 2 aromatic carbocycles. The fourth-order valence-electron chi connectivity index (χ4n) is 1.75. The zero-order chi connectivity index (χ0) is 14.5. The van der Waals surface area contributed by atoms with Gasteiger partial charge in [0.1, 0.15) is 11.6 Å². The van der Waals surface area contributed by atoms with Crippen molar-refractivity contribution in [2.45, 2.75) is 10.9 Å². The van der Waals surface area contributed by atoms with E-state index in [4.69, 9.17) is 5.84 Å². The molecule has 2 aromatic rings. The monoisotopic (exact) mass is 358 g/mol. The molecule has 0 radical (unpaired) electrons. The molecule has 1 unspecified atom stereocenters. The average Bonchev–Trinajstić information content (AvgIpc) is 2.45. The van der Waals surface area contributed by atoms with Crippen molar-refractivity contribution in [1.29, 1.82) is 0 Å². The highest BCUT2D eigenvalue weighted by Gasteiger charge is 2.17. The first-order valence-electron chi connectivity index (χ1n) is 5.91. The average molecular weight is 359 g/mol. The van der Waals surface area contributed by atoms with Gasteiger partial charge in [-0.3, -0.25) is 11.3 Å². The molecule has 0 heterocycles. The summed E-state index contributed by atoms with van der Waals surface area (Å²) in [6.45, 7) is 0. The summed E-state index contributed by atoms with van der Waals surface area (Å²) >= 11 is 4.43. The van der Waals surface area contributed by atoms with Gasteiger partial charge in [-0.1, -0.05) is 24.3 Å². The topological polar surface area (TPSA) is 38.0 Å². The van der Waals surface area contributed by atoms with E-state index in [1.807, 2.05) is 0 Å². The summed E-state index contributed by atoms with van der Waals surface area (Å²) in [5.74, 6) is 5.26. The Balaban J connectivity index is 2.14. The van der Waals surface area contributed by atoms with Crippen molar-refractivity contribution < 1.29 is 8.78 Å². The minimum absolute atomic E-state index is 0.289. The van der Waals surface area contributed by atoms with Crippen molar-refractivity contribution in [3.63, 3.8) is 0 Å². The van der Waals surface area contributed by atoms with E-state index >= 15 is 0 Å². The molecule has 3 N–H and O–H groups in total. The molecule has 0 saturated heterocycles. The molecule has 0 fully saturated rings. The predicted molar refractivity (Wildman–Crippen MR) is 81.3 cm³/mol. The van der Waals surface area contributed by atoms with Crippen LogP contribution in [0.2, 0.25) is 0 Å².